The lowest BCUT2D eigenvalue weighted by Crippen LogP contribution is -2.25. The van der Waals surface area contributed by atoms with E-state index in [2.05, 4.69) is 18.9 Å². The van der Waals surface area contributed by atoms with Crippen molar-refractivity contribution in [1.29, 1.82) is 0 Å². The smallest absolute Gasteiger partial charge is 0.157 e. The Morgan fingerprint density at radius 3 is 2.76 bits per heavy atom. The van der Waals surface area contributed by atoms with Crippen LogP contribution >= 0.6 is 0 Å². The molecule has 0 aliphatic rings. The number of nitrogens with two attached hydrogens (primary N) is 1. The molecule has 0 fully saturated rings. The lowest BCUT2D eigenvalue weighted by molar-refractivity contribution is 0.0527. The quantitative estimate of drug-likeness (QED) is 0.751. The van der Waals surface area contributed by atoms with Gasteiger partial charge >= 0.3 is 0 Å². The molecule has 17 heavy (non-hydrogen) atoms. The number of ether oxygens (including phenoxy) is 2. The highest BCUT2D eigenvalue weighted by Crippen LogP contribution is 2.12. The molecular formula is C12H23N3O2. The zero-order valence-electron chi connectivity index (χ0n) is 10.9. The van der Waals surface area contributed by atoms with Crippen molar-refractivity contribution in [2.45, 2.75) is 39.3 Å². The van der Waals surface area contributed by atoms with Gasteiger partial charge in [0, 0.05) is 25.6 Å². The van der Waals surface area contributed by atoms with E-state index in [1.807, 2.05) is 17.8 Å². The van der Waals surface area contributed by atoms with Crippen molar-refractivity contribution in [3.8, 4) is 5.75 Å². The highest BCUT2D eigenvalue weighted by atomic mass is 16.5. The van der Waals surface area contributed by atoms with E-state index in [0.29, 0.717) is 25.8 Å². The van der Waals surface area contributed by atoms with Crippen molar-refractivity contribution < 1.29 is 9.47 Å². The fourth-order valence-electron chi connectivity index (χ4n) is 1.49. The second kappa shape index (κ2) is 7.29. The number of hydrogen-bond donors (Lipinski definition) is 1. The second-order valence-electron chi connectivity index (χ2n) is 4.20. The SMILES string of the molecule is CCOC(CN)CCOc1cnn(C(C)C)c1. The number of nitrogens with zero attached hydrogens (tertiary/aromatic N) is 2. The Balaban J connectivity index is 2.29. The van der Waals surface area contributed by atoms with E-state index in [0.717, 1.165) is 12.2 Å². The molecule has 0 saturated heterocycles. The Morgan fingerprint density at radius 2 is 2.24 bits per heavy atom. The molecule has 1 aromatic heterocycles. The molecule has 5 nitrogen and oxygen atoms in total. The van der Waals surface area contributed by atoms with Gasteiger partial charge < -0.3 is 15.2 Å². The van der Waals surface area contributed by atoms with E-state index in [4.69, 9.17) is 15.2 Å². The zero-order valence-corrected chi connectivity index (χ0v) is 10.9. The Hall–Kier alpha value is -1.07. The standard InChI is InChI=1S/C12H23N3O2/c1-4-16-11(7-13)5-6-17-12-8-14-15(9-12)10(2)3/h8-11H,4-7,13H2,1-3H3. The van der Waals surface area contributed by atoms with Crippen LogP contribution in [0.15, 0.2) is 12.4 Å². The Kier molecular flexibility index (Phi) is 6.00. The van der Waals surface area contributed by atoms with E-state index in [-0.39, 0.29) is 6.10 Å². The average molecular weight is 241 g/mol. The molecule has 0 radical (unpaired) electrons. The van der Waals surface area contributed by atoms with E-state index in [9.17, 15) is 0 Å². The van der Waals surface area contributed by atoms with Gasteiger partial charge in [0.2, 0.25) is 0 Å². The largest absolute Gasteiger partial charge is 0.490 e. The molecule has 0 amide bonds. The molecule has 1 rings (SSSR count). The van der Waals surface area contributed by atoms with E-state index in [1.54, 1.807) is 6.20 Å². The summed E-state index contributed by atoms with van der Waals surface area (Å²) < 4.78 is 12.9. The molecule has 1 atom stereocenters. The third-order valence-corrected chi connectivity index (χ3v) is 2.48. The van der Waals surface area contributed by atoms with Gasteiger partial charge in [0.05, 0.1) is 25.1 Å². The van der Waals surface area contributed by atoms with Gasteiger partial charge in [-0.25, -0.2) is 0 Å². The van der Waals surface area contributed by atoms with Crippen LogP contribution in [-0.2, 0) is 4.74 Å². The van der Waals surface area contributed by atoms with E-state index < -0.39 is 0 Å². The lowest BCUT2D eigenvalue weighted by Gasteiger charge is -2.14. The van der Waals surface area contributed by atoms with Gasteiger partial charge in [0.1, 0.15) is 0 Å². The van der Waals surface area contributed by atoms with Gasteiger partial charge in [0.25, 0.3) is 0 Å². The molecular weight excluding hydrogens is 218 g/mol. The summed E-state index contributed by atoms with van der Waals surface area (Å²) in [5, 5.41) is 4.21. The molecule has 1 unspecified atom stereocenters. The molecule has 98 valence electrons. The van der Waals surface area contributed by atoms with Gasteiger partial charge in [-0.1, -0.05) is 0 Å². The van der Waals surface area contributed by atoms with Crippen LogP contribution in [0.4, 0.5) is 0 Å². The Labute approximate surface area is 103 Å². The highest BCUT2D eigenvalue weighted by molar-refractivity contribution is 5.11. The van der Waals surface area contributed by atoms with Crippen LogP contribution in [-0.4, -0.2) is 35.6 Å². The maximum Gasteiger partial charge on any atom is 0.157 e. The molecule has 5 heteroatoms. The van der Waals surface area contributed by atoms with Gasteiger partial charge in [-0.15, -0.1) is 0 Å². The molecule has 0 bridgehead atoms. The molecule has 0 aliphatic carbocycles. The summed E-state index contributed by atoms with van der Waals surface area (Å²) in [6.07, 6.45) is 4.53. The number of rotatable bonds is 8. The van der Waals surface area contributed by atoms with Crippen LogP contribution in [0.25, 0.3) is 0 Å². The van der Waals surface area contributed by atoms with Gasteiger partial charge in [-0.05, 0) is 20.8 Å². The molecule has 0 saturated carbocycles. The first kappa shape index (κ1) is 14.0. The molecule has 0 spiro atoms. The van der Waals surface area contributed by atoms with Gasteiger partial charge in [-0.3, -0.25) is 4.68 Å². The van der Waals surface area contributed by atoms with Crippen LogP contribution in [0.3, 0.4) is 0 Å². The van der Waals surface area contributed by atoms with Gasteiger partial charge in [0.15, 0.2) is 5.75 Å². The molecule has 1 aromatic rings. The summed E-state index contributed by atoms with van der Waals surface area (Å²) >= 11 is 0. The lowest BCUT2D eigenvalue weighted by atomic mass is 10.2. The maximum atomic E-state index is 5.60. The first-order valence-electron chi connectivity index (χ1n) is 6.16. The molecule has 0 aliphatic heterocycles. The van der Waals surface area contributed by atoms with Crippen LogP contribution in [0.2, 0.25) is 0 Å². The van der Waals surface area contributed by atoms with E-state index in [1.165, 1.54) is 0 Å². The Morgan fingerprint density at radius 1 is 1.47 bits per heavy atom. The van der Waals surface area contributed by atoms with Crippen molar-refractivity contribution in [2.24, 2.45) is 5.73 Å². The van der Waals surface area contributed by atoms with Crippen LogP contribution < -0.4 is 10.5 Å². The predicted molar refractivity (Wildman–Crippen MR) is 67.2 cm³/mol. The summed E-state index contributed by atoms with van der Waals surface area (Å²) in [5.41, 5.74) is 5.59. The fourth-order valence-corrected chi connectivity index (χ4v) is 1.49. The number of hydrogen-bond acceptors (Lipinski definition) is 4. The summed E-state index contributed by atoms with van der Waals surface area (Å²) in [7, 11) is 0. The summed E-state index contributed by atoms with van der Waals surface area (Å²) in [6, 6.07) is 0.354. The topological polar surface area (TPSA) is 62.3 Å². The first-order chi connectivity index (χ1) is 8.17. The minimum Gasteiger partial charge on any atom is -0.490 e. The minimum absolute atomic E-state index is 0.0835. The normalized spacial score (nSPS) is 13.0. The third-order valence-electron chi connectivity index (χ3n) is 2.48. The van der Waals surface area contributed by atoms with Crippen molar-refractivity contribution in [3.63, 3.8) is 0 Å². The monoisotopic (exact) mass is 241 g/mol. The molecule has 1 heterocycles. The first-order valence-corrected chi connectivity index (χ1v) is 6.16. The molecule has 2 N–H and O–H groups in total. The van der Waals surface area contributed by atoms with Crippen molar-refractivity contribution in [1.82, 2.24) is 9.78 Å². The van der Waals surface area contributed by atoms with Crippen molar-refractivity contribution in [3.05, 3.63) is 12.4 Å². The summed E-state index contributed by atoms with van der Waals surface area (Å²) in [6.45, 7) is 7.95. The predicted octanol–water partition coefficient (Wildman–Crippen LogP) is 1.60. The van der Waals surface area contributed by atoms with Crippen LogP contribution in [0.1, 0.15) is 33.2 Å². The summed E-state index contributed by atoms with van der Waals surface area (Å²) in [4.78, 5) is 0. The maximum absolute atomic E-state index is 5.60. The average Bonchev–Trinajstić information content (AvgIpc) is 2.77. The van der Waals surface area contributed by atoms with Crippen LogP contribution in [0, 0.1) is 0 Å². The zero-order chi connectivity index (χ0) is 12.7. The van der Waals surface area contributed by atoms with Gasteiger partial charge in [-0.2, -0.15) is 5.10 Å². The minimum atomic E-state index is 0.0835. The fraction of sp³-hybridized carbons (Fsp3) is 0.750. The summed E-state index contributed by atoms with van der Waals surface area (Å²) in [5.74, 6) is 0.797. The van der Waals surface area contributed by atoms with Crippen LogP contribution in [0.5, 0.6) is 5.75 Å². The third kappa shape index (κ3) is 4.75. The van der Waals surface area contributed by atoms with E-state index >= 15 is 0 Å². The van der Waals surface area contributed by atoms with Crippen molar-refractivity contribution in [2.75, 3.05) is 19.8 Å². The Bertz CT molecular complexity index is 312. The van der Waals surface area contributed by atoms with Crippen molar-refractivity contribution >= 4 is 0 Å². The highest BCUT2D eigenvalue weighted by Gasteiger charge is 2.07. The second-order valence-corrected chi connectivity index (χ2v) is 4.20. The number of aromatic nitrogens is 2. The molecule has 0 aromatic carbocycles.